The van der Waals surface area contributed by atoms with Crippen LogP contribution >= 0.6 is 0 Å². The van der Waals surface area contributed by atoms with E-state index in [0.29, 0.717) is 26.2 Å². The summed E-state index contributed by atoms with van der Waals surface area (Å²) in [7, 11) is 0. The van der Waals surface area contributed by atoms with Crippen molar-refractivity contribution in [3.05, 3.63) is 71.4 Å². The Morgan fingerprint density at radius 1 is 1.21 bits per heavy atom. The molecule has 4 rings (SSSR count). The average molecular weight is 377 g/mol. The number of rotatable bonds is 6. The zero-order chi connectivity index (χ0) is 19.3. The third-order valence-electron chi connectivity index (χ3n) is 5.35. The maximum Gasteiger partial charge on any atom is 0.221 e. The largest absolute Gasteiger partial charge is 0.378 e. The molecule has 0 aliphatic carbocycles. The van der Waals surface area contributed by atoms with Gasteiger partial charge in [-0.3, -0.25) is 9.69 Å². The highest BCUT2D eigenvalue weighted by Gasteiger charge is 2.25. The van der Waals surface area contributed by atoms with Crippen LogP contribution in [0, 0.1) is 6.92 Å². The van der Waals surface area contributed by atoms with Crippen molar-refractivity contribution in [3.8, 4) is 0 Å². The molecule has 1 aliphatic heterocycles. The van der Waals surface area contributed by atoms with Gasteiger partial charge in [0, 0.05) is 43.8 Å². The van der Waals surface area contributed by atoms with Gasteiger partial charge in [-0.15, -0.1) is 0 Å². The van der Waals surface area contributed by atoms with Gasteiger partial charge in [-0.25, -0.2) is 0 Å². The molecule has 5 heteroatoms. The molecule has 5 nitrogen and oxygen atoms in total. The van der Waals surface area contributed by atoms with Gasteiger partial charge in [0.05, 0.1) is 13.2 Å². The first-order chi connectivity index (χ1) is 13.7. The SMILES string of the molecule is Cc1cccc(CNC(=O)C[C@H]2COCCN2Cc2ccc3[nH]ccc3c2)c1. The van der Waals surface area contributed by atoms with Gasteiger partial charge < -0.3 is 15.0 Å². The van der Waals surface area contributed by atoms with Crippen LogP contribution in [-0.4, -0.2) is 41.6 Å². The van der Waals surface area contributed by atoms with Crippen molar-refractivity contribution in [2.45, 2.75) is 32.5 Å². The van der Waals surface area contributed by atoms with Gasteiger partial charge in [0.25, 0.3) is 0 Å². The Morgan fingerprint density at radius 3 is 3.04 bits per heavy atom. The number of benzene rings is 2. The van der Waals surface area contributed by atoms with E-state index in [1.54, 1.807) is 0 Å². The average Bonchev–Trinajstić information content (AvgIpc) is 3.16. The Labute approximate surface area is 165 Å². The van der Waals surface area contributed by atoms with Gasteiger partial charge in [-0.1, -0.05) is 35.9 Å². The molecule has 0 unspecified atom stereocenters. The zero-order valence-corrected chi connectivity index (χ0v) is 16.3. The lowest BCUT2D eigenvalue weighted by Crippen LogP contribution is -2.47. The van der Waals surface area contributed by atoms with Crippen molar-refractivity contribution in [3.63, 3.8) is 0 Å². The van der Waals surface area contributed by atoms with E-state index in [9.17, 15) is 4.79 Å². The quantitative estimate of drug-likeness (QED) is 0.692. The summed E-state index contributed by atoms with van der Waals surface area (Å²) in [6, 6.07) is 16.9. The molecule has 2 heterocycles. The van der Waals surface area contributed by atoms with Gasteiger partial charge in [0.15, 0.2) is 0 Å². The van der Waals surface area contributed by atoms with Crippen LogP contribution in [-0.2, 0) is 22.6 Å². The number of carbonyl (C=O) groups is 1. The number of aromatic nitrogens is 1. The topological polar surface area (TPSA) is 57.4 Å². The highest BCUT2D eigenvalue weighted by Crippen LogP contribution is 2.19. The number of hydrogen-bond acceptors (Lipinski definition) is 3. The fraction of sp³-hybridized carbons (Fsp3) is 0.348. The lowest BCUT2D eigenvalue weighted by molar-refractivity contribution is -0.124. The van der Waals surface area contributed by atoms with E-state index >= 15 is 0 Å². The Hall–Kier alpha value is -2.63. The van der Waals surface area contributed by atoms with Gasteiger partial charge in [-0.05, 0) is 41.6 Å². The van der Waals surface area contributed by atoms with E-state index in [0.717, 1.165) is 24.2 Å². The summed E-state index contributed by atoms with van der Waals surface area (Å²) in [5, 5.41) is 4.27. The molecule has 1 aliphatic rings. The first-order valence-corrected chi connectivity index (χ1v) is 9.87. The molecule has 1 amide bonds. The highest BCUT2D eigenvalue weighted by atomic mass is 16.5. The standard InChI is InChI=1S/C23H27N3O2/c1-17-3-2-4-18(11-17)14-25-23(27)13-21-16-28-10-9-26(21)15-19-5-6-22-20(12-19)7-8-24-22/h2-8,11-12,21,24H,9-10,13-16H2,1H3,(H,25,27)/t21-/m0/s1. The van der Waals surface area contributed by atoms with Gasteiger partial charge in [0.2, 0.25) is 5.91 Å². The van der Waals surface area contributed by atoms with E-state index < -0.39 is 0 Å². The molecule has 1 saturated heterocycles. The molecular weight excluding hydrogens is 350 g/mol. The third-order valence-corrected chi connectivity index (χ3v) is 5.35. The van der Waals surface area contributed by atoms with E-state index in [2.05, 4.69) is 58.5 Å². The predicted octanol–water partition coefficient (Wildman–Crippen LogP) is 3.38. The second kappa shape index (κ2) is 8.59. The number of hydrogen-bond donors (Lipinski definition) is 2. The molecule has 2 N–H and O–H groups in total. The van der Waals surface area contributed by atoms with Gasteiger partial charge in [-0.2, -0.15) is 0 Å². The number of H-pyrrole nitrogens is 1. The summed E-state index contributed by atoms with van der Waals surface area (Å²) in [5.74, 6) is 0.0723. The van der Waals surface area contributed by atoms with Crippen LogP contribution in [0.2, 0.25) is 0 Å². The van der Waals surface area contributed by atoms with Crippen LogP contribution in [0.3, 0.4) is 0 Å². The number of nitrogens with zero attached hydrogens (tertiary/aromatic N) is 1. The monoisotopic (exact) mass is 377 g/mol. The smallest absolute Gasteiger partial charge is 0.221 e. The lowest BCUT2D eigenvalue weighted by atomic mass is 10.1. The molecule has 0 spiro atoms. The first-order valence-electron chi connectivity index (χ1n) is 9.87. The van der Waals surface area contributed by atoms with Crippen LogP contribution in [0.15, 0.2) is 54.7 Å². The molecular formula is C23H27N3O2. The van der Waals surface area contributed by atoms with E-state index in [1.165, 1.54) is 16.5 Å². The number of carbonyl (C=O) groups excluding carboxylic acids is 1. The number of amides is 1. The van der Waals surface area contributed by atoms with Crippen molar-refractivity contribution >= 4 is 16.8 Å². The second-order valence-corrected chi connectivity index (χ2v) is 7.57. The van der Waals surface area contributed by atoms with Crippen molar-refractivity contribution in [1.29, 1.82) is 0 Å². The predicted molar refractivity (Wildman–Crippen MR) is 111 cm³/mol. The minimum atomic E-state index is 0.0723. The van der Waals surface area contributed by atoms with Crippen LogP contribution in [0.1, 0.15) is 23.1 Å². The molecule has 1 fully saturated rings. The number of morpholine rings is 1. The minimum absolute atomic E-state index is 0.0723. The highest BCUT2D eigenvalue weighted by molar-refractivity contribution is 5.80. The Kier molecular flexibility index (Phi) is 5.74. The molecule has 28 heavy (non-hydrogen) atoms. The summed E-state index contributed by atoms with van der Waals surface area (Å²) in [5.41, 5.74) is 4.75. The van der Waals surface area contributed by atoms with Crippen molar-refractivity contribution in [1.82, 2.24) is 15.2 Å². The van der Waals surface area contributed by atoms with Crippen molar-refractivity contribution in [2.24, 2.45) is 0 Å². The maximum atomic E-state index is 12.5. The Bertz CT molecular complexity index is 950. The molecule has 146 valence electrons. The minimum Gasteiger partial charge on any atom is -0.378 e. The maximum absolute atomic E-state index is 12.5. The molecule has 2 aromatic carbocycles. The number of nitrogens with one attached hydrogen (secondary N) is 2. The van der Waals surface area contributed by atoms with Gasteiger partial charge in [0.1, 0.15) is 0 Å². The second-order valence-electron chi connectivity index (χ2n) is 7.57. The summed E-state index contributed by atoms with van der Waals surface area (Å²) in [4.78, 5) is 18.1. The van der Waals surface area contributed by atoms with Crippen LogP contribution in [0.25, 0.3) is 10.9 Å². The summed E-state index contributed by atoms with van der Waals surface area (Å²) in [6.45, 7) is 5.63. The molecule has 0 bridgehead atoms. The summed E-state index contributed by atoms with van der Waals surface area (Å²) >= 11 is 0. The van der Waals surface area contributed by atoms with E-state index in [4.69, 9.17) is 4.74 Å². The summed E-state index contributed by atoms with van der Waals surface area (Å²) < 4.78 is 5.66. The number of aryl methyl sites for hydroxylation is 1. The molecule has 0 saturated carbocycles. The Balaban J connectivity index is 1.35. The fourth-order valence-corrected chi connectivity index (χ4v) is 3.83. The molecule has 0 radical (unpaired) electrons. The zero-order valence-electron chi connectivity index (χ0n) is 16.3. The van der Waals surface area contributed by atoms with Crippen LogP contribution in [0.4, 0.5) is 0 Å². The Morgan fingerprint density at radius 2 is 2.14 bits per heavy atom. The number of aromatic amines is 1. The van der Waals surface area contributed by atoms with Gasteiger partial charge >= 0.3 is 0 Å². The fourth-order valence-electron chi connectivity index (χ4n) is 3.83. The third kappa shape index (κ3) is 4.61. The molecule has 3 aromatic rings. The van der Waals surface area contributed by atoms with Crippen molar-refractivity contribution in [2.75, 3.05) is 19.8 Å². The first kappa shape index (κ1) is 18.7. The molecule has 1 aromatic heterocycles. The molecule has 1 atom stereocenters. The number of fused-ring (bicyclic) bond motifs is 1. The van der Waals surface area contributed by atoms with Crippen LogP contribution in [0.5, 0.6) is 0 Å². The lowest BCUT2D eigenvalue weighted by Gasteiger charge is -2.35. The van der Waals surface area contributed by atoms with E-state index in [-0.39, 0.29) is 11.9 Å². The normalized spacial score (nSPS) is 17.7. The van der Waals surface area contributed by atoms with Crippen molar-refractivity contribution < 1.29 is 9.53 Å². The summed E-state index contributed by atoms with van der Waals surface area (Å²) in [6.07, 6.45) is 2.42. The van der Waals surface area contributed by atoms with E-state index in [1.807, 2.05) is 18.3 Å². The van der Waals surface area contributed by atoms with Crippen LogP contribution < -0.4 is 5.32 Å². The number of ether oxygens (including phenoxy) is 1.